The smallest absolute Gasteiger partial charge is 0.272 e. The standard InChI is InChI=1S/C21H24N4O/c1-2-24-11-13-25(14-12-24)20-10-6-5-9-18(20)23-21(26)19-15-16-7-3-4-8-17(16)22-19/h3-10,15,22H,2,11-14H2,1H3,(H,23,26). The molecule has 0 spiro atoms. The number of hydrogen-bond donors (Lipinski definition) is 2. The van der Waals surface area contributed by atoms with Crippen LogP contribution in [0.1, 0.15) is 17.4 Å². The Kier molecular flexibility index (Phi) is 4.63. The Bertz CT molecular complexity index is 876. The zero-order chi connectivity index (χ0) is 17.9. The van der Waals surface area contributed by atoms with E-state index in [9.17, 15) is 4.79 Å². The highest BCUT2D eigenvalue weighted by Gasteiger charge is 2.19. The van der Waals surface area contributed by atoms with Gasteiger partial charge in [-0.1, -0.05) is 37.3 Å². The number of anilines is 2. The molecule has 1 fully saturated rings. The first kappa shape index (κ1) is 16.7. The number of carbonyl (C=O) groups is 1. The molecule has 5 heteroatoms. The highest BCUT2D eigenvalue weighted by Crippen LogP contribution is 2.27. The maximum atomic E-state index is 12.7. The van der Waals surface area contributed by atoms with Crippen molar-refractivity contribution in [2.75, 3.05) is 42.9 Å². The number of hydrogen-bond acceptors (Lipinski definition) is 3. The molecule has 0 bridgehead atoms. The van der Waals surface area contributed by atoms with E-state index in [0.29, 0.717) is 5.69 Å². The number of carbonyl (C=O) groups excluding carboxylic acids is 1. The lowest BCUT2D eigenvalue weighted by atomic mass is 10.2. The summed E-state index contributed by atoms with van der Waals surface area (Å²) in [5, 5.41) is 4.13. The average molecular weight is 348 g/mol. The molecule has 1 aromatic heterocycles. The van der Waals surface area contributed by atoms with Gasteiger partial charge in [-0.25, -0.2) is 0 Å². The number of aromatic amines is 1. The zero-order valence-corrected chi connectivity index (χ0v) is 15.0. The number of nitrogens with zero attached hydrogens (tertiary/aromatic N) is 2. The maximum Gasteiger partial charge on any atom is 0.272 e. The molecule has 2 N–H and O–H groups in total. The second-order valence-electron chi connectivity index (χ2n) is 6.66. The molecule has 1 aliphatic rings. The van der Waals surface area contributed by atoms with Crippen LogP contribution < -0.4 is 10.2 Å². The Morgan fingerprint density at radius 1 is 1.04 bits per heavy atom. The summed E-state index contributed by atoms with van der Waals surface area (Å²) in [5.41, 5.74) is 3.51. The van der Waals surface area contributed by atoms with Crippen LogP contribution in [0.4, 0.5) is 11.4 Å². The van der Waals surface area contributed by atoms with Gasteiger partial charge in [0.1, 0.15) is 5.69 Å². The van der Waals surface area contributed by atoms with Crippen LogP contribution in [0, 0.1) is 0 Å². The van der Waals surface area contributed by atoms with Gasteiger partial charge in [-0.05, 0) is 30.8 Å². The fourth-order valence-electron chi connectivity index (χ4n) is 3.55. The quantitative estimate of drug-likeness (QED) is 0.758. The number of nitrogens with one attached hydrogen (secondary N) is 2. The van der Waals surface area contributed by atoms with Gasteiger partial charge in [-0.3, -0.25) is 4.79 Å². The minimum atomic E-state index is -0.110. The molecule has 0 saturated carbocycles. The molecule has 4 rings (SSSR count). The molecule has 1 saturated heterocycles. The van der Waals surface area contributed by atoms with Crippen LogP contribution in [0.2, 0.25) is 0 Å². The van der Waals surface area contributed by atoms with E-state index in [1.165, 1.54) is 0 Å². The van der Waals surface area contributed by atoms with E-state index in [4.69, 9.17) is 0 Å². The van der Waals surface area contributed by atoms with Crippen molar-refractivity contribution < 1.29 is 4.79 Å². The number of benzene rings is 2. The molecule has 0 radical (unpaired) electrons. The monoisotopic (exact) mass is 348 g/mol. The molecule has 2 heterocycles. The maximum absolute atomic E-state index is 12.7. The predicted octanol–water partition coefficient (Wildman–Crippen LogP) is 3.56. The first-order chi connectivity index (χ1) is 12.7. The van der Waals surface area contributed by atoms with E-state index >= 15 is 0 Å². The predicted molar refractivity (Wildman–Crippen MR) is 107 cm³/mol. The third-order valence-corrected chi connectivity index (χ3v) is 5.09. The highest BCUT2D eigenvalue weighted by molar-refractivity contribution is 6.07. The van der Waals surface area contributed by atoms with Gasteiger partial charge < -0.3 is 20.1 Å². The Hall–Kier alpha value is -2.79. The fraction of sp³-hybridized carbons (Fsp3) is 0.286. The minimum Gasteiger partial charge on any atom is -0.367 e. The Morgan fingerprint density at radius 2 is 1.77 bits per heavy atom. The van der Waals surface area contributed by atoms with Crippen LogP contribution in [-0.2, 0) is 0 Å². The van der Waals surface area contributed by atoms with Gasteiger partial charge in [0.15, 0.2) is 0 Å². The lowest BCUT2D eigenvalue weighted by Gasteiger charge is -2.36. The van der Waals surface area contributed by atoms with Crippen molar-refractivity contribution in [3.63, 3.8) is 0 Å². The van der Waals surface area contributed by atoms with Gasteiger partial charge in [-0.15, -0.1) is 0 Å². The average Bonchev–Trinajstić information content (AvgIpc) is 3.13. The van der Waals surface area contributed by atoms with Crippen molar-refractivity contribution in [3.05, 3.63) is 60.3 Å². The fourth-order valence-corrected chi connectivity index (χ4v) is 3.55. The van der Waals surface area contributed by atoms with E-state index < -0.39 is 0 Å². The number of H-pyrrole nitrogens is 1. The van der Waals surface area contributed by atoms with Crippen molar-refractivity contribution >= 4 is 28.2 Å². The largest absolute Gasteiger partial charge is 0.367 e. The first-order valence-corrected chi connectivity index (χ1v) is 9.20. The van der Waals surface area contributed by atoms with E-state index in [1.807, 2.05) is 48.5 Å². The van der Waals surface area contributed by atoms with Gasteiger partial charge in [0.25, 0.3) is 5.91 Å². The van der Waals surface area contributed by atoms with Crippen LogP contribution in [0.15, 0.2) is 54.6 Å². The van der Waals surface area contributed by atoms with E-state index in [0.717, 1.165) is 55.0 Å². The second-order valence-corrected chi connectivity index (χ2v) is 6.66. The SMILES string of the molecule is CCN1CCN(c2ccccc2NC(=O)c2cc3ccccc3[nH]2)CC1. The summed E-state index contributed by atoms with van der Waals surface area (Å²) < 4.78 is 0. The van der Waals surface area contributed by atoms with Gasteiger partial charge in [0.05, 0.1) is 11.4 Å². The van der Waals surface area contributed by atoms with Gasteiger partial charge >= 0.3 is 0 Å². The van der Waals surface area contributed by atoms with Gasteiger partial charge in [0.2, 0.25) is 0 Å². The molecule has 0 atom stereocenters. The van der Waals surface area contributed by atoms with Crippen LogP contribution in [-0.4, -0.2) is 48.5 Å². The number of piperazine rings is 1. The molecule has 5 nitrogen and oxygen atoms in total. The van der Waals surface area contributed by atoms with Crippen LogP contribution in [0.3, 0.4) is 0 Å². The highest BCUT2D eigenvalue weighted by atomic mass is 16.1. The number of fused-ring (bicyclic) bond motifs is 1. The van der Waals surface area contributed by atoms with Crippen molar-refractivity contribution in [3.8, 4) is 0 Å². The summed E-state index contributed by atoms with van der Waals surface area (Å²) in [4.78, 5) is 20.7. The summed E-state index contributed by atoms with van der Waals surface area (Å²) >= 11 is 0. The Balaban J connectivity index is 1.54. The van der Waals surface area contributed by atoms with Crippen molar-refractivity contribution in [1.82, 2.24) is 9.88 Å². The van der Waals surface area contributed by atoms with Gasteiger partial charge in [-0.2, -0.15) is 0 Å². The summed E-state index contributed by atoms with van der Waals surface area (Å²) in [6.07, 6.45) is 0. The van der Waals surface area contributed by atoms with Crippen LogP contribution in [0.25, 0.3) is 10.9 Å². The Labute approximate surface area is 153 Å². The number of rotatable bonds is 4. The third-order valence-electron chi connectivity index (χ3n) is 5.09. The molecule has 0 unspecified atom stereocenters. The van der Waals surface area contributed by atoms with Crippen molar-refractivity contribution in [2.45, 2.75) is 6.92 Å². The molecular weight excluding hydrogens is 324 g/mol. The van der Waals surface area contributed by atoms with E-state index in [-0.39, 0.29) is 5.91 Å². The lowest BCUT2D eigenvalue weighted by Crippen LogP contribution is -2.46. The molecule has 134 valence electrons. The zero-order valence-electron chi connectivity index (χ0n) is 15.0. The molecule has 1 aliphatic heterocycles. The summed E-state index contributed by atoms with van der Waals surface area (Å²) in [5.74, 6) is -0.110. The number of likely N-dealkylation sites (N-methyl/N-ethyl adjacent to an activating group) is 1. The van der Waals surface area contributed by atoms with Crippen LogP contribution in [0.5, 0.6) is 0 Å². The Morgan fingerprint density at radius 3 is 2.54 bits per heavy atom. The number of aromatic nitrogens is 1. The summed E-state index contributed by atoms with van der Waals surface area (Å²) in [7, 11) is 0. The lowest BCUT2D eigenvalue weighted by molar-refractivity contribution is 0.102. The van der Waals surface area contributed by atoms with Crippen molar-refractivity contribution in [2.24, 2.45) is 0 Å². The number of para-hydroxylation sites is 3. The van der Waals surface area contributed by atoms with Crippen molar-refractivity contribution in [1.29, 1.82) is 0 Å². The topological polar surface area (TPSA) is 51.4 Å². The third kappa shape index (κ3) is 3.30. The summed E-state index contributed by atoms with van der Waals surface area (Å²) in [6, 6.07) is 17.9. The van der Waals surface area contributed by atoms with E-state index in [1.54, 1.807) is 0 Å². The number of amides is 1. The minimum absolute atomic E-state index is 0.110. The molecule has 0 aliphatic carbocycles. The first-order valence-electron chi connectivity index (χ1n) is 9.20. The van der Waals surface area contributed by atoms with Gasteiger partial charge in [0, 0.05) is 37.1 Å². The molecule has 26 heavy (non-hydrogen) atoms. The normalized spacial score (nSPS) is 15.3. The molecule has 3 aromatic rings. The van der Waals surface area contributed by atoms with Crippen LogP contribution >= 0.6 is 0 Å². The summed E-state index contributed by atoms with van der Waals surface area (Å²) in [6.45, 7) is 7.36. The molecular formula is C21H24N4O. The second kappa shape index (κ2) is 7.22. The van der Waals surface area contributed by atoms with E-state index in [2.05, 4.69) is 33.1 Å². The molecule has 1 amide bonds. The molecule has 2 aromatic carbocycles.